The highest BCUT2D eigenvalue weighted by atomic mass is 35.5. The van der Waals surface area contributed by atoms with Gasteiger partial charge in [-0.05, 0) is 11.6 Å². The monoisotopic (exact) mass is 185 g/mol. The van der Waals surface area contributed by atoms with Gasteiger partial charge in [0.15, 0.2) is 0 Å². The minimum absolute atomic E-state index is 0.0106. The zero-order valence-corrected chi connectivity index (χ0v) is 6.81. The predicted molar refractivity (Wildman–Crippen MR) is 43.2 cm³/mol. The van der Waals surface area contributed by atoms with Crippen LogP contribution in [0.2, 0.25) is 5.02 Å². The van der Waals surface area contributed by atoms with E-state index in [-0.39, 0.29) is 11.6 Å². The fraction of sp³-hybridized carbons (Fsp3) is 0.125. The summed E-state index contributed by atoms with van der Waals surface area (Å²) in [5.41, 5.74) is 0.486. The average Bonchev–Trinajstić information content (AvgIpc) is 2.08. The first-order valence-corrected chi connectivity index (χ1v) is 3.60. The Hall–Kier alpha value is -1.18. The highest BCUT2D eigenvalue weighted by Gasteiger charge is 2.03. The molecule has 0 saturated carbocycles. The first-order chi connectivity index (χ1) is 5.75. The molecule has 0 aliphatic rings. The fourth-order valence-electron chi connectivity index (χ4n) is 0.788. The predicted octanol–water partition coefficient (Wildman–Crippen LogP) is 2.31. The Balaban J connectivity index is 2.99. The molecule has 0 radical (unpaired) electrons. The van der Waals surface area contributed by atoms with Crippen molar-refractivity contribution in [2.45, 2.75) is 6.54 Å². The van der Waals surface area contributed by atoms with Crippen molar-refractivity contribution >= 4 is 17.7 Å². The second-order valence-corrected chi connectivity index (χ2v) is 2.50. The van der Waals surface area contributed by atoms with Crippen molar-refractivity contribution in [3.8, 4) is 0 Å². The first-order valence-electron chi connectivity index (χ1n) is 3.22. The van der Waals surface area contributed by atoms with Crippen LogP contribution in [0.1, 0.15) is 5.56 Å². The lowest BCUT2D eigenvalue weighted by Crippen LogP contribution is -1.86. The van der Waals surface area contributed by atoms with Crippen molar-refractivity contribution in [1.29, 1.82) is 0 Å². The SMILES string of the molecule is O=C=NCc1cccc(F)c1Cl. The Morgan fingerprint density at radius 2 is 2.33 bits per heavy atom. The molecule has 0 heterocycles. The van der Waals surface area contributed by atoms with Crippen molar-refractivity contribution in [3.05, 3.63) is 34.6 Å². The molecule has 1 aromatic carbocycles. The minimum Gasteiger partial charge on any atom is -0.211 e. The van der Waals surface area contributed by atoms with Gasteiger partial charge in [0.05, 0.1) is 11.6 Å². The van der Waals surface area contributed by atoms with Gasteiger partial charge in [-0.3, -0.25) is 0 Å². The maximum absolute atomic E-state index is 12.7. The molecule has 1 rings (SSSR count). The van der Waals surface area contributed by atoms with Gasteiger partial charge in [0, 0.05) is 0 Å². The van der Waals surface area contributed by atoms with E-state index in [4.69, 9.17) is 11.6 Å². The zero-order valence-electron chi connectivity index (χ0n) is 6.05. The number of halogens is 2. The van der Waals surface area contributed by atoms with E-state index in [0.717, 1.165) is 0 Å². The summed E-state index contributed by atoms with van der Waals surface area (Å²) < 4.78 is 12.7. The van der Waals surface area contributed by atoms with E-state index < -0.39 is 5.82 Å². The van der Waals surface area contributed by atoms with E-state index in [1.165, 1.54) is 18.2 Å². The molecule has 0 bridgehead atoms. The lowest BCUT2D eigenvalue weighted by molar-refractivity contribution is 0.562. The second-order valence-electron chi connectivity index (χ2n) is 2.12. The van der Waals surface area contributed by atoms with Crippen LogP contribution in [0.4, 0.5) is 4.39 Å². The third kappa shape index (κ3) is 1.91. The minimum atomic E-state index is -0.504. The van der Waals surface area contributed by atoms with Crippen LogP contribution in [0.15, 0.2) is 23.2 Å². The van der Waals surface area contributed by atoms with Crippen LogP contribution in [-0.4, -0.2) is 6.08 Å². The van der Waals surface area contributed by atoms with Gasteiger partial charge in [-0.25, -0.2) is 14.2 Å². The number of isocyanates is 1. The van der Waals surface area contributed by atoms with Crippen LogP contribution in [0.5, 0.6) is 0 Å². The first kappa shape index (κ1) is 8.91. The molecular formula is C8H5ClFNO. The summed E-state index contributed by atoms with van der Waals surface area (Å²) in [5, 5.41) is 0.0106. The third-order valence-electron chi connectivity index (χ3n) is 1.35. The van der Waals surface area contributed by atoms with E-state index in [1.54, 1.807) is 6.07 Å². The molecule has 4 heteroatoms. The summed E-state index contributed by atoms with van der Waals surface area (Å²) in [5.74, 6) is -0.504. The van der Waals surface area contributed by atoms with Crippen molar-refractivity contribution < 1.29 is 9.18 Å². The highest BCUT2D eigenvalue weighted by Crippen LogP contribution is 2.19. The smallest absolute Gasteiger partial charge is 0.211 e. The summed E-state index contributed by atoms with van der Waals surface area (Å²) in [6.45, 7) is 0.0695. The molecule has 0 amide bonds. The number of nitrogens with zero attached hydrogens (tertiary/aromatic N) is 1. The maximum atomic E-state index is 12.7. The zero-order chi connectivity index (χ0) is 8.97. The van der Waals surface area contributed by atoms with E-state index in [2.05, 4.69) is 4.99 Å². The number of aliphatic imine (C=N–C) groups is 1. The molecule has 0 saturated heterocycles. The van der Waals surface area contributed by atoms with Gasteiger partial charge in [0.25, 0.3) is 0 Å². The highest BCUT2D eigenvalue weighted by molar-refractivity contribution is 6.31. The van der Waals surface area contributed by atoms with Crippen LogP contribution in [0, 0.1) is 5.82 Å². The Kier molecular flexibility index (Phi) is 2.97. The summed E-state index contributed by atoms with van der Waals surface area (Å²) in [6.07, 6.45) is 1.36. The van der Waals surface area contributed by atoms with E-state index >= 15 is 0 Å². The lowest BCUT2D eigenvalue weighted by atomic mass is 10.2. The van der Waals surface area contributed by atoms with Crippen molar-refractivity contribution in [3.63, 3.8) is 0 Å². The molecule has 0 aliphatic heterocycles. The molecule has 2 nitrogen and oxygen atoms in total. The van der Waals surface area contributed by atoms with E-state index in [1.807, 2.05) is 0 Å². The number of rotatable bonds is 2. The fourth-order valence-corrected chi connectivity index (χ4v) is 0.974. The molecule has 62 valence electrons. The molecule has 0 N–H and O–H groups in total. The van der Waals surface area contributed by atoms with Crippen LogP contribution >= 0.6 is 11.6 Å². The van der Waals surface area contributed by atoms with Crippen molar-refractivity contribution in [1.82, 2.24) is 0 Å². The number of hydrogen-bond acceptors (Lipinski definition) is 2. The Morgan fingerprint density at radius 1 is 1.58 bits per heavy atom. The van der Waals surface area contributed by atoms with Gasteiger partial charge < -0.3 is 0 Å². The third-order valence-corrected chi connectivity index (χ3v) is 1.77. The van der Waals surface area contributed by atoms with Crippen molar-refractivity contribution in [2.24, 2.45) is 4.99 Å². The van der Waals surface area contributed by atoms with Crippen LogP contribution < -0.4 is 0 Å². The van der Waals surface area contributed by atoms with Crippen molar-refractivity contribution in [2.75, 3.05) is 0 Å². The van der Waals surface area contributed by atoms with Gasteiger partial charge >= 0.3 is 0 Å². The average molecular weight is 186 g/mol. The molecule has 12 heavy (non-hydrogen) atoms. The lowest BCUT2D eigenvalue weighted by Gasteiger charge is -1.98. The Morgan fingerprint density at radius 3 is 3.00 bits per heavy atom. The molecule has 0 aromatic heterocycles. The molecule has 0 unspecified atom stereocenters. The largest absolute Gasteiger partial charge is 0.235 e. The van der Waals surface area contributed by atoms with Gasteiger partial charge in [0.1, 0.15) is 5.82 Å². The van der Waals surface area contributed by atoms with Gasteiger partial charge in [0.2, 0.25) is 6.08 Å². The number of carbonyl (C=O) groups excluding carboxylic acids is 1. The Labute approximate surface area is 73.7 Å². The van der Waals surface area contributed by atoms with Crippen LogP contribution in [0.3, 0.4) is 0 Å². The van der Waals surface area contributed by atoms with Gasteiger partial charge in [-0.15, -0.1) is 0 Å². The summed E-state index contributed by atoms with van der Waals surface area (Å²) in [6, 6.07) is 4.36. The van der Waals surface area contributed by atoms with Gasteiger partial charge in [-0.2, -0.15) is 0 Å². The quantitative estimate of drug-likeness (QED) is 0.514. The molecular weight excluding hydrogens is 181 g/mol. The number of hydrogen-bond donors (Lipinski definition) is 0. The normalized spacial score (nSPS) is 9.17. The van der Waals surface area contributed by atoms with Gasteiger partial charge in [-0.1, -0.05) is 23.7 Å². The molecule has 0 fully saturated rings. The molecule has 0 spiro atoms. The van der Waals surface area contributed by atoms with E-state index in [9.17, 15) is 9.18 Å². The second kappa shape index (κ2) is 4.00. The molecule has 0 aliphatic carbocycles. The summed E-state index contributed by atoms with van der Waals surface area (Å²) in [7, 11) is 0. The van der Waals surface area contributed by atoms with Crippen LogP contribution in [-0.2, 0) is 11.3 Å². The standard InChI is InChI=1S/C8H5ClFNO/c9-8-6(4-11-5-12)2-1-3-7(8)10/h1-3H,4H2. The number of benzene rings is 1. The van der Waals surface area contributed by atoms with Crippen LogP contribution in [0.25, 0.3) is 0 Å². The maximum Gasteiger partial charge on any atom is 0.235 e. The van der Waals surface area contributed by atoms with E-state index in [0.29, 0.717) is 5.56 Å². The summed E-state index contributed by atoms with van der Waals surface area (Å²) >= 11 is 5.56. The molecule has 1 aromatic rings. The topological polar surface area (TPSA) is 29.4 Å². The Bertz CT molecular complexity index is 334. The molecule has 0 atom stereocenters. The summed E-state index contributed by atoms with van der Waals surface area (Å²) in [4.78, 5) is 13.0.